The van der Waals surface area contributed by atoms with Gasteiger partial charge in [0.05, 0.1) is 31.9 Å². The topological polar surface area (TPSA) is 54.9 Å². The van der Waals surface area contributed by atoms with Crippen molar-refractivity contribution in [3.05, 3.63) is 51.2 Å². The number of alkyl halides is 3. The Balaban J connectivity index is 1.58. The Morgan fingerprint density at radius 2 is 1.97 bits per heavy atom. The number of carbonyl (C=O) groups is 1. The number of amides is 1. The summed E-state index contributed by atoms with van der Waals surface area (Å²) < 4.78 is 43.1. The lowest BCUT2D eigenvalue weighted by Gasteiger charge is -2.34. The molecule has 32 heavy (non-hydrogen) atoms. The zero-order chi connectivity index (χ0) is 22.6. The van der Waals surface area contributed by atoms with E-state index in [4.69, 9.17) is 11.6 Å². The number of rotatable bonds is 2. The number of aromatic nitrogens is 3. The average molecular weight is 530 g/mol. The summed E-state index contributed by atoms with van der Waals surface area (Å²) in [6.45, 7) is 3.00. The molecule has 0 radical (unpaired) electrons. The molecular weight excluding hydrogens is 511 g/mol. The molecule has 2 fully saturated rings. The number of fused-ring (bicyclic) bond motifs is 2. The Morgan fingerprint density at radius 1 is 1.22 bits per heavy atom. The van der Waals surface area contributed by atoms with Crippen LogP contribution in [0.2, 0.25) is 5.02 Å². The van der Waals surface area contributed by atoms with Crippen molar-refractivity contribution >= 4 is 39.1 Å². The van der Waals surface area contributed by atoms with E-state index in [0.29, 0.717) is 29.2 Å². The van der Waals surface area contributed by atoms with Gasteiger partial charge in [-0.25, -0.2) is 9.50 Å². The van der Waals surface area contributed by atoms with Gasteiger partial charge >= 0.3 is 6.18 Å². The van der Waals surface area contributed by atoms with Gasteiger partial charge in [0, 0.05) is 22.9 Å². The summed E-state index contributed by atoms with van der Waals surface area (Å²) in [6.07, 6.45) is -2.55. The van der Waals surface area contributed by atoms with E-state index < -0.39 is 17.8 Å². The number of halogens is 5. The van der Waals surface area contributed by atoms with Gasteiger partial charge in [-0.05, 0) is 18.2 Å². The van der Waals surface area contributed by atoms with Gasteiger partial charge in [-0.3, -0.25) is 4.79 Å². The van der Waals surface area contributed by atoms with Gasteiger partial charge in [0.15, 0.2) is 17.0 Å². The van der Waals surface area contributed by atoms with Crippen LogP contribution >= 0.6 is 27.5 Å². The average Bonchev–Trinajstić information content (AvgIpc) is 3.36. The van der Waals surface area contributed by atoms with Gasteiger partial charge in [0.25, 0.3) is 5.91 Å². The van der Waals surface area contributed by atoms with Crippen molar-refractivity contribution in [3.63, 3.8) is 0 Å². The highest BCUT2D eigenvalue weighted by molar-refractivity contribution is 9.10. The van der Waals surface area contributed by atoms with Crippen LogP contribution in [0.1, 0.15) is 29.0 Å². The zero-order valence-electron chi connectivity index (χ0n) is 16.8. The molecule has 1 aromatic carbocycles. The van der Waals surface area contributed by atoms with Crippen LogP contribution in [-0.2, 0) is 6.18 Å². The molecule has 6 nitrogen and oxygen atoms in total. The SMILES string of the molecule is O=C(c1nn2c(C(F)(F)F)cc(-c3ccc(Br)cc3)nc2c1Cl)N1CC[NH+]2CCCC2C1. The van der Waals surface area contributed by atoms with Crippen LogP contribution in [-0.4, -0.2) is 57.6 Å². The molecule has 2 atom stereocenters. The summed E-state index contributed by atoms with van der Waals surface area (Å²) in [4.78, 5) is 20.6. The van der Waals surface area contributed by atoms with Gasteiger partial charge in [-0.2, -0.15) is 18.3 Å². The van der Waals surface area contributed by atoms with E-state index in [1.807, 2.05) is 0 Å². The number of hydrogen-bond donors (Lipinski definition) is 1. The van der Waals surface area contributed by atoms with Crippen LogP contribution in [0.15, 0.2) is 34.8 Å². The number of nitrogens with one attached hydrogen (secondary N) is 1. The van der Waals surface area contributed by atoms with Crippen molar-refractivity contribution in [2.24, 2.45) is 0 Å². The molecule has 168 valence electrons. The third-order valence-corrected chi connectivity index (χ3v) is 7.10. The van der Waals surface area contributed by atoms with Gasteiger partial charge in [0.1, 0.15) is 11.1 Å². The van der Waals surface area contributed by atoms with E-state index in [9.17, 15) is 18.0 Å². The standard InChI is InChI=1S/C21H18BrClF3N5O/c22-13-5-3-12(4-6-13)15-10-16(21(24,25)26)31-19(27-15)17(23)18(28-31)20(32)30-9-8-29-7-1-2-14(29)11-30/h3-6,10,14H,1-2,7-9,11H2/p+1. The molecule has 11 heteroatoms. The third kappa shape index (κ3) is 3.78. The number of piperazine rings is 1. The minimum absolute atomic E-state index is 0.0984. The summed E-state index contributed by atoms with van der Waals surface area (Å²) in [5, 5.41) is 3.82. The lowest BCUT2D eigenvalue weighted by Crippen LogP contribution is -3.16. The fourth-order valence-corrected chi connectivity index (χ4v) is 5.11. The van der Waals surface area contributed by atoms with Crippen molar-refractivity contribution in [1.82, 2.24) is 19.5 Å². The molecule has 2 saturated heterocycles. The monoisotopic (exact) mass is 528 g/mol. The Kier molecular flexibility index (Phi) is 5.42. The normalized spacial score (nSPS) is 21.2. The minimum atomic E-state index is -4.71. The predicted octanol–water partition coefficient (Wildman–Crippen LogP) is 3.33. The van der Waals surface area contributed by atoms with Crippen molar-refractivity contribution < 1.29 is 22.9 Å². The second-order valence-electron chi connectivity index (χ2n) is 8.18. The molecule has 0 bridgehead atoms. The number of quaternary nitrogens is 1. The lowest BCUT2D eigenvalue weighted by molar-refractivity contribution is -0.916. The molecule has 2 unspecified atom stereocenters. The van der Waals surface area contributed by atoms with E-state index in [1.54, 1.807) is 29.2 Å². The van der Waals surface area contributed by atoms with Crippen LogP contribution in [0.5, 0.6) is 0 Å². The Hall–Kier alpha value is -2.17. The Bertz CT molecular complexity index is 1200. The molecule has 1 N–H and O–H groups in total. The maximum absolute atomic E-state index is 13.9. The van der Waals surface area contributed by atoms with Crippen LogP contribution in [0.4, 0.5) is 13.2 Å². The number of benzene rings is 1. The fourth-order valence-electron chi connectivity index (χ4n) is 4.60. The summed E-state index contributed by atoms with van der Waals surface area (Å²) in [7, 11) is 0. The quantitative estimate of drug-likeness (QED) is 0.554. The molecule has 2 aliphatic rings. The van der Waals surface area contributed by atoms with Crippen molar-refractivity contribution in [2.45, 2.75) is 25.1 Å². The fraction of sp³-hybridized carbons (Fsp3) is 0.381. The largest absolute Gasteiger partial charge is 0.433 e. The zero-order valence-corrected chi connectivity index (χ0v) is 19.1. The third-order valence-electron chi connectivity index (χ3n) is 6.22. The molecule has 0 spiro atoms. The van der Waals surface area contributed by atoms with Crippen LogP contribution in [0, 0.1) is 0 Å². The number of carbonyl (C=O) groups excluding carboxylic acids is 1. The van der Waals surface area contributed by atoms with Crippen molar-refractivity contribution in [2.75, 3.05) is 26.2 Å². The molecule has 0 aliphatic carbocycles. The molecule has 4 heterocycles. The van der Waals surface area contributed by atoms with Crippen LogP contribution < -0.4 is 4.90 Å². The van der Waals surface area contributed by atoms with Gasteiger partial charge in [0.2, 0.25) is 0 Å². The first kappa shape index (κ1) is 21.7. The smallest absolute Gasteiger partial charge is 0.330 e. The van der Waals surface area contributed by atoms with Crippen molar-refractivity contribution in [1.29, 1.82) is 0 Å². The molecule has 0 saturated carbocycles. The Morgan fingerprint density at radius 3 is 2.69 bits per heavy atom. The second-order valence-corrected chi connectivity index (χ2v) is 9.47. The second kappa shape index (κ2) is 8.00. The predicted molar refractivity (Wildman–Crippen MR) is 116 cm³/mol. The molecule has 1 amide bonds. The maximum Gasteiger partial charge on any atom is 0.433 e. The molecule has 2 aromatic heterocycles. The minimum Gasteiger partial charge on any atom is -0.330 e. The van der Waals surface area contributed by atoms with E-state index in [1.165, 1.54) is 4.90 Å². The highest BCUT2D eigenvalue weighted by Gasteiger charge is 2.39. The highest BCUT2D eigenvalue weighted by Crippen LogP contribution is 2.35. The van der Waals surface area contributed by atoms with Gasteiger partial charge < -0.3 is 9.80 Å². The van der Waals surface area contributed by atoms with E-state index in [0.717, 1.165) is 36.5 Å². The lowest BCUT2D eigenvalue weighted by atomic mass is 10.1. The van der Waals surface area contributed by atoms with Crippen LogP contribution in [0.3, 0.4) is 0 Å². The summed E-state index contributed by atoms with van der Waals surface area (Å²) in [5.41, 5.74) is -0.827. The van der Waals surface area contributed by atoms with Gasteiger partial charge in [-0.1, -0.05) is 39.7 Å². The van der Waals surface area contributed by atoms with E-state index >= 15 is 0 Å². The van der Waals surface area contributed by atoms with E-state index in [-0.39, 0.29) is 22.1 Å². The first-order chi connectivity index (χ1) is 15.2. The number of hydrogen-bond acceptors (Lipinski definition) is 3. The highest BCUT2D eigenvalue weighted by atomic mass is 79.9. The maximum atomic E-state index is 13.9. The Labute approximate surface area is 195 Å². The molecular formula is C21H19BrClF3N5O+. The van der Waals surface area contributed by atoms with E-state index in [2.05, 4.69) is 26.0 Å². The molecule has 5 rings (SSSR count). The molecule has 3 aromatic rings. The first-order valence-corrected chi connectivity index (χ1v) is 11.5. The molecule has 2 aliphatic heterocycles. The van der Waals surface area contributed by atoms with Gasteiger partial charge in [-0.15, -0.1) is 0 Å². The van der Waals surface area contributed by atoms with Crippen molar-refractivity contribution in [3.8, 4) is 11.3 Å². The first-order valence-electron chi connectivity index (χ1n) is 10.3. The number of nitrogens with zero attached hydrogens (tertiary/aromatic N) is 4. The summed E-state index contributed by atoms with van der Waals surface area (Å²) in [5.74, 6) is -0.454. The summed E-state index contributed by atoms with van der Waals surface area (Å²) >= 11 is 9.73. The van der Waals surface area contributed by atoms with Crippen LogP contribution in [0.25, 0.3) is 16.9 Å². The summed E-state index contributed by atoms with van der Waals surface area (Å²) in [6, 6.07) is 8.02.